The zero-order valence-corrected chi connectivity index (χ0v) is 19.0. The first-order valence-electron chi connectivity index (χ1n) is 9.86. The third-order valence-electron chi connectivity index (χ3n) is 4.74. The Hall–Kier alpha value is -3.66. The lowest BCUT2D eigenvalue weighted by Gasteiger charge is -2.29. The highest BCUT2D eigenvalue weighted by molar-refractivity contribution is 5.92. The van der Waals surface area contributed by atoms with Gasteiger partial charge >= 0.3 is 0 Å². The van der Waals surface area contributed by atoms with Crippen LogP contribution in [-0.4, -0.2) is 54.0 Å². The van der Waals surface area contributed by atoms with Crippen LogP contribution < -0.4 is 25.7 Å². The van der Waals surface area contributed by atoms with Gasteiger partial charge in [0.05, 0.1) is 31.8 Å². The lowest BCUT2D eigenvalue weighted by Crippen LogP contribution is -2.51. The van der Waals surface area contributed by atoms with E-state index in [0.717, 1.165) is 5.56 Å². The molecule has 10 nitrogen and oxygen atoms in total. The molecule has 170 valence electrons. The predicted molar refractivity (Wildman–Crippen MR) is 121 cm³/mol. The Labute approximate surface area is 185 Å². The van der Waals surface area contributed by atoms with E-state index in [-0.39, 0.29) is 18.1 Å². The fraction of sp³-hybridized carbons (Fsp3) is 0.364. The van der Waals surface area contributed by atoms with E-state index in [2.05, 4.69) is 15.6 Å². The Morgan fingerprint density at radius 2 is 1.84 bits per heavy atom. The van der Waals surface area contributed by atoms with E-state index in [0.29, 0.717) is 33.9 Å². The molecule has 0 saturated carbocycles. The van der Waals surface area contributed by atoms with E-state index in [9.17, 15) is 9.59 Å². The second kappa shape index (κ2) is 9.23. The van der Waals surface area contributed by atoms with E-state index in [1.54, 1.807) is 53.3 Å². The smallest absolute Gasteiger partial charge is 0.264 e. The van der Waals surface area contributed by atoms with Crippen LogP contribution in [0.15, 0.2) is 35.4 Å². The number of rotatable bonds is 8. The van der Waals surface area contributed by atoms with Gasteiger partial charge in [0.2, 0.25) is 5.91 Å². The van der Waals surface area contributed by atoms with Crippen molar-refractivity contribution in [1.29, 1.82) is 0 Å². The van der Waals surface area contributed by atoms with Crippen LogP contribution in [0, 0.1) is 0 Å². The number of hydrogen-bond donors (Lipinski definition) is 2. The molecule has 0 atom stereocenters. The number of hydrogen-bond acceptors (Lipinski definition) is 8. The van der Waals surface area contributed by atoms with E-state index >= 15 is 0 Å². The van der Waals surface area contributed by atoms with Gasteiger partial charge in [-0.25, -0.2) is 9.97 Å². The molecule has 2 heterocycles. The lowest BCUT2D eigenvalue weighted by molar-refractivity contribution is -0.126. The fourth-order valence-corrected chi connectivity index (χ4v) is 3.30. The Balaban J connectivity index is 2.15. The number of nitrogens with zero attached hydrogens (tertiary/aromatic N) is 3. The minimum atomic E-state index is -0.924. The number of amides is 1. The molecule has 3 rings (SSSR count). The summed E-state index contributed by atoms with van der Waals surface area (Å²) in [6, 6.07) is 7.15. The first-order valence-corrected chi connectivity index (χ1v) is 9.86. The zero-order chi connectivity index (χ0) is 23.5. The summed E-state index contributed by atoms with van der Waals surface area (Å²) in [5.41, 5.74) is 0.599. The van der Waals surface area contributed by atoms with Crippen molar-refractivity contribution in [3.8, 4) is 22.8 Å². The van der Waals surface area contributed by atoms with Gasteiger partial charge in [0.25, 0.3) is 5.56 Å². The molecule has 0 aliphatic carbocycles. The maximum absolute atomic E-state index is 12.9. The molecule has 2 N–H and O–H groups in total. The number of methoxy groups -OCH3 is 3. The van der Waals surface area contributed by atoms with Crippen molar-refractivity contribution in [3.63, 3.8) is 0 Å². The summed E-state index contributed by atoms with van der Waals surface area (Å²) in [6.45, 7) is 3.43. The fourth-order valence-electron chi connectivity index (χ4n) is 3.30. The molecule has 0 fully saturated rings. The molecule has 0 aliphatic heterocycles. The lowest BCUT2D eigenvalue weighted by atomic mass is 10.1. The average Bonchev–Trinajstić information content (AvgIpc) is 2.74. The van der Waals surface area contributed by atoms with Crippen molar-refractivity contribution in [2.75, 3.05) is 33.3 Å². The van der Waals surface area contributed by atoms with Gasteiger partial charge in [0.1, 0.15) is 23.5 Å². The minimum Gasteiger partial charge on any atom is -0.493 e. The van der Waals surface area contributed by atoms with Gasteiger partial charge in [-0.05, 0) is 38.1 Å². The molecule has 2 aromatic heterocycles. The molecule has 10 heteroatoms. The normalized spacial score (nSPS) is 11.3. The van der Waals surface area contributed by atoms with Crippen molar-refractivity contribution >= 4 is 22.6 Å². The molecule has 0 saturated heterocycles. The molecular formula is C22H27N5O5. The number of nitrogens with one attached hydrogen (secondary N) is 2. The first-order chi connectivity index (χ1) is 15.2. The largest absolute Gasteiger partial charge is 0.493 e. The van der Waals surface area contributed by atoms with Crippen molar-refractivity contribution < 1.29 is 19.0 Å². The molecule has 0 bridgehead atoms. The Bertz CT molecular complexity index is 1210. The number of carbonyl (C=O) groups is 1. The summed E-state index contributed by atoms with van der Waals surface area (Å²) in [5, 5.41) is 6.30. The van der Waals surface area contributed by atoms with Crippen LogP contribution in [0.1, 0.15) is 13.8 Å². The van der Waals surface area contributed by atoms with E-state index in [1.165, 1.54) is 18.0 Å². The summed E-state index contributed by atoms with van der Waals surface area (Å²) in [6.07, 6.45) is 1.46. The highest BCUT2D eigenvalue weighted by Gasteiger charge is 2.24. The average molecular weight is 441 g/mol. The molecular weight excluding hydrogens is 414 g/mol. The van der Waals surface area contributed by atoms with Crippen LogP contribution >= 0.6 is 0 Å². The summed E-state index contributed by atoms with van der Waals surface area (Å²) in [7, 11) is 6.18. The third-order valence-corrected chi connectivity index (χ3v) is 4.74. The zero-order valence-electron chi connectivity index (χ0n) is 19.0. The van der Waals surface area contributed by atoms with Gasteiger partial charge in [-0.1, -0.05) is 0 Å². The third kappa shape index (κ3) is 4.80. The monoisotopic (exact) mass is 441 g/mol. The Morgan fingerprint density at radius 1 is 1.12 bits per heavy atom. The van der Waals surface area contributed by atoms with Crippen LogP contribution in [0.25, 0.3) is 22.2 Å². The molecule has 0 aliphatic rings. The highest BCUT2D eigenvalue weighted by atomic mass is 16.5. The van der Waals surface area contributed by atoms with E-state index in [1.807, 2.05) is 6.07 Å². The quantitative estimate of drug-likeness (QED) is 0.510. The molecule has 0 spiro atoms. The van der Waals surface area contributed by atoms with Gasteiger partial charge in [0.15, 0.2) is 11.5 Å². The summed E-state index contributed by atoms with van der Waals surface area (Å²) >= 11 is 0. The number of aromatic nitrogens is 3. The Morgan fingerprint density at radius 3 is 2.50 bits per heavy atom. The minimum absolute atomic E-state index is 0.0890. The van der Waals surface area contributed by atoms with Gasteiger partial charge in [-0.2, -0.15) is 0 Å². The SMILES string of the molecule is COCC(=O)NC(C)(C)Nc1nc(-c2ccc(OC)c(OC)c2)cc2ncn(C)c(=O)c12. The topological polar surface area (TPSA) is 117 Å². The predicted octanol–water partition coefficient (Wildman–Crippen LogP) is 1.92. The van der Waals surface area contributed by atoms with Gasteiger partial charge < -0.3 is 29.4 Å². The summed E-state index contributed by atoms with van der Waals surface area (Å²) in [5.74, 6) is 1.12. The second-order valence-electron chi connectivity index (χ2n) is 7.71. The number of carbonyl (C=O) groups excluding carboxylic acids is 1. The molecule has 1 amide bonds. The number of aryl methyl sites for hydroxylation is 1. The number of fused-ring (bicyclic) bond motifs is 1. The number of ether oxygens (including phenoxy) is 3. The molecule has 0 unspecified atom stereocenters. The number of benzene rings is 1. The molecule has 0 radical (unpaired) electrons. The van der Waals surface area contributed by atoms with E-state index < -0.39 is 5.66 Å². The summed E-state index contributed by atoms with van der Waals surface area (Å²) in [4.78, 5) is 34.0. The standard InChI is InChI=1S/C22H27N5O5/c1-22(2,25-18(28)11-30-4)26-20-19-15(23-12-27(3)21(19)29)10-14(24-20)13-7-8-16(31-5)17(9-13)32-6/h7-10,12H,11H2,1-6H3,(H,24,26)(H,25,28). The maximum Gasteiger partial charge on any atom is 0.264 e. The Kier molecular flexibility index (Phi) is 6.64. The van der Waals surface area contributed by atoms with E-state index in [4.69, 9.17) is 19.2 Å². The van der Waals surface area contributed by atoms with Crippen LogP contribution in [-0.2, 0) is 16.6 Å². The van der Waals surface area contributed by atoms with Gasteiger partial charge in [0, 0.05) is 19.7 Å². The second-order valence-corrected chi connectivity index (χ2v) is 7.71. The number of anilines is 1. The first kappa shape index (κ1) is 23.0. The maximum atomic E-state index is 12.9. The van der Waals surface area contributed by atoms with Crippen LogP contribution in [0.3, 0.4) is 0 Å². The molecule has 32 heavy (non-hydrogen) atoms. The van der Waals surface area contributed by atoms with Crippen molar-refractivity contribution in [1.82, 2.24) is 19.9 Å². The molecule has 1 aromatic carbocycles. The van der Waals surface area contributed by atoms with Crippen molar-refractivity contribution in [3.05, 3.63) is 40.9 Å². The molecule has 3 aromatic rings. The van der Waals surface area contributed by atoms with Gasteiger partial charge in [-0.3, -0.25) is 9.59 Å². The van der Waals surface area contributed by atoms with Crippen molar-refractivity contribution in [2.24, 2.45) is 7.05 Å². The van der Waals surface area contributed by atoms with Gasteiger partial charge in [-0.15, -0.1) is 0 Å². The van der Waals surface area contributed by atoms with Crippen LogP contribution in [0.5, 0.6) is 11.5 Å². The highest BCUT2D eigenvalue weighted by Crippen LogP contribution is 2.33. The van der Waals surface area contributed by atoms with Crippen LogP contribution in [0.2, 0.25) is 0 Å². The number of pyridine rings is 1. The van der Waals surface area contributed by atoms with Crippen molar-refractivity contribution in [2.45, 2.75) is 19.5 Å². The summed E-state index contributed by atoms with van der Waals surface area (Å²) < 4.78 is 17.0. The van der Waals surface area contributed by atoms with Crippen LogP contribution in [0.4, 0.5) is 5.82 Å².